The SMILES string of the molecule is Cc1cc2n(n1)[C@@H](C(F)F)C[C@@H](C1CCN(C(=O)COCCN3CCCC3=O)CC1)N2. The number of fused-ring (bicyclic) bond motifs is 1. The Bertz CT molecular complexity index is 794. The number of alkyl halides is 2. The minimum absolute atomic E-state index is 0.0142. The Morgan fingerprint density at radius 2 is 2.10 bits per heavy atom. The summed E-state index contributed by atoms with van der Waals surface area (Å²) in [6.07, 6.45) is 0.913. The van der Waals surface area contributed by atoms with E-state index in [1.807, 2.05) is 6.07 Å². The third-order valence-electron chi connectivity index (χ3n) is 6.66. The van der Waals surface area contributed by atoms with E-state index in [-0.39, 0.29) is 30.4 Å². The number of ether oxygens (including phenoxy) is 1. The molecule has 0 radical (unpaired) electrons. The molecule has 0 aliphatic carbocycles. The smallest absolute Gasteiger partial charge is 0.260 e. The van der Waals surface area contributed by atoms with E-state index in [9.17, 15) is 18.4 Å². The van der Waals surface area contributed by atoms with Gasteiger partial charge in [0.05, 0.1) is 12.3 Å². The number of anilines is 1. The van der Waals surface area contributed by atoms with E-state index >= 15 is 0 Å². The average molecular weight is 440 g/mol. The first-order valence-electron chi connectivity index (χ1n) is 11.2. The Labute approximate surface area is 180 Å². The van der Waals surface area contributed by atoms with Crippen molar-refractivity contribution in [1.82, 2.24) is 19.6 Å². The third kappa shape index (κ3) is 4.99. The van der Waals surface area contributed by atoms with Gasteiger partial charge in [0.1, 0.15) is 18.5 Å². The van der Waals surface area contributed by atoms with Gasteiger partial charge in [0, 0.05) is 44.7 Å². The van der Waals surface area contributed by atoms with Crippen LogP contribution in [0.1, 0.15) is 43.8 Å². The molecule has 0 spiro atoms. The summed E-state index contributed by atoms with van der Waals surface area (Å²) in [4.78, 5) is 27.6. The van der Waals surface area contributed by atoms with Gasteiger partial charge in [-0.2, -0.15) is 5.10 Å². The van der Waals surface area contributed by atoms with Gasteiger partial charge in [0.25, 0.3) is 6.43 Å². The monoisotopic (exact) mass is 439 g/mol. The highest BCUT2D eigenvalue weighted by molar-refractivity contribution is 5.78. The zero-order chi connectivity index (χ0) is 22.0. The van der Waals surface area contributed by atoms with Crippen molar-refractivity contribution < 1.29 is 23.1 Å². The van der Waals surface area contributed by atoms with Crippen molar-refractivity contribution in [2.75, 3.05) is 44.7 Å². The number of likely N-dealkylation sites (tertiary alicyclic amines) is 2. The molecule has 3 aliphatic rings. The molecule has 2 fully saturated rings. The fraction of sp³-hybridized carbons (Fsp3) is 0.762. The number of hydrogen-bond donors (Lipinski definition) is 1. The van der Waals surface area contributed by atoms with Crippen LogP contribution in [0, 0.1) is 12.8 Å². The van der Waals surface area contributed by atoms with Crippen LogP contribution in [0.4, 0.5) is 14.6 Å². The lowest BCUT2D eigenvalue weighted by atomic mass is 9.85. The molecule has 0 bridgehead atoms. The molecule has 4 heterocycles. The number of halogens is 2. The van der Waals surface area contributed by atoms with Crippen molar-refractivity contribution in [2.45, 2.75) is 57.5 Å². The number of hydrogen-bond acceptors (Lipinski definition) is 5. The first-order chi connectivity index (χ1) is 14.9. The standard InChI is InChI=1S/C21H31F2N5O3/c1-14-11-18-24-16(12-17(21(22)23)28(18)25-14)15-4-7-27(8-5-15)20(30)13-31-10-9-26-6-2-3-19(26)29/h11,15-17,21,24H,2-10,12-13H2,1H3/t16-,17+/m0/s1. The Hall–Kier alpha value is -2.23. The number of aryl methyl sites for hydroxylation is 1. The molecular formula is C21H31F2N5O3. The maximum absolute atomic E-state index is 13.6. The summed E-state index contributed by atoms with van der Waals surface area (Å²) in [5.41, 5.74) is 0.725. The van der Waals surface area contributed by atoms with Crippen LogP contribution in [0.15, 0.2) is 6.07 Å². The number of aromatic nitrogens is 2. The first kappa shape index (κ1) is 22.0. The van der Waals surface area contributed by atoms with Gasteiger partial charge in [-0.15, -0.1) is 0 Å². The Balaban J connectivity index is 1.22. The fourth-order valence-electron chi connectivity index (χ4n) is 4.92. The largest absolute Gasteiger partial charge is 0.370 e. The molecule has 8 nitrogen and oxygen atoms in total. The highest BCUT2D eigenvalue weighted by Crippen LogP contribution is 2.36. The Morgan fingerprint density at radius 1 is 1.32 bits per heavy atom. The van der Waals surface area contributed by atoms with Gasteiger partial charge >= 0.3 is 0 Å². The molecule has 2 amide bonds. The lowest BCUT2D eigenvalue weighted by molar-refractivity contribution is -0.138. The number of nitrogens with one attached hydrogen (secondary N) is 1. The predicted octanol–water partition coefficient (Wildman–Crippen LogP) is 2.06. The number of rotatable bonds is 7. The van der Waals surface area contributed by atoms with E-state index in [0.29, 0.717) is 44.9 Å². The molecule has 31 heavy (non-hydrogen) atoms. The Morgan fingerprint density at radius 3 is 2.77 bits per heavy atom. The normalized spacial score (nSPS) is 24.6. The molecule has 2 atom stereocenters. The van der Waals surface area contributed by atoms with E-state index in [0.717, 1.165) is 31.5 Å². The number of nitrogens with zero attached hydrogens (tertiary/aromatic N) is 4. The van der Waals surface area contributed by atoms with Crippen molar-refractivity contribution in [2.24, 2.45) is 5.92 Å². The molecule has 0 unspecified atom stereocenters. The Kier molecular flexibility index (Phi) is 6.74. The van der Waals surface area contributed by atoms with E-state index in [2.05, 4.69) is 10.4 Å². The highest BCUT2D eigenvalue weighted by atomic mass is 19.3. The van der Waals surface area contributed by atoms with Crippen LogP contribution in [0.5, 0.6) is 0 Å². The molecule has 3 aliphatic heterocycles. The number of piperidine rings is 1. The summed E-state index contributed by atoms with van der Waals surface area (Å²) in [5.74, 6) is 0.987. The van der Waals surface area contributed by atoms with Gasteiger partial charge in [-0.05, 0) is 38.5 Å². The van der Waals surface area contributed by atoms with Crippen LogP contribution < -0.4 is 5.32 Å². The summed E-state index contributed by atoms with van der Waals surface area (Å²) < 4.78 is 34.1. The summed E-state index contributed by atoms with van der Waals surface area (Å²) in [7, 11) is 0. The van der Waals surface area contributed by atoms with Crippen LogP contribution in [0.25, 0.3) is 0 Å². The molecule has 0 aromatic carbocycles. The fourth-order valence-corrected chi connectivity index (χ4v) is 4.92. The molecule has 2 saturated heterocycles. The van der Waals surface area contributed by atoms with Gasteiger partial charge in [-0.1, -0.05) is 0 Å². The van der Waals surface area contributed by atoms with Crippen molar-refractivity contribution in [3.05, 3.63) is 11.8 Å². The molecule has 1 N–H and O–H groups in total. The minimum atomic E-state index is -2.46. The maximum atomic E-state index is 13.6. The van der Waals surface area contributed by atoms with Crippen LogP contribution in [0.2, 0.25) is 0 Å². The maximum Gasteiger partial charge on any atom is 0.260 e. The van der Waals surface area contributed by atoms with Gasteiger partial charge in [0.15, 0.2) is 0 Å². The number of carbonyl (C=O) groups is 2. The molecular weight excluding hydrogens is 408 g/mol. The zero-order valence-corrected chi connectivity index (χ0v) is 17.9. The number of amides is 2. The second kappa shape index (κ2) is 9.50. The van der Waals surface area contributed by atoms with Crippen molar-refractivity contribution in [3.8, 4) is 0 Å². The van der Waals surface area contributed by atoms with Gasteiger partial charge in [0.2, 0.25) is 11.8 Å². The molecule has 1 aromatic rings. The summed E-state index contributed by atoms with van der Waals surface area (Å²) in [6.45, 7) is 4.69. The second-order valence-electron chi connectivity index (χ2n) is 8.76. The van der Waals surface area contributed by atoms with Crippen molar-refractivity contribution in [3.63, 3.8) is 0 Å². The molecule has 0 saturated carbocycles. The van der Waals surface area contributed by atoms with Crippen LogP contribution >= 0.6 is 0 Å². The van der Waals surface area contributed by atoms with Crippen LogP contribution in [-0.2, 0) is 14.3 Å². The lowest BCUT2D eigenvalue weighted by Crippen LogP contribution is -2.46. The van der Waals surface area contributed by atoms with Gasteiger partial charge < -0.3 is 19.9 Å². The number of carbonyl (C=O) groups excluding carboxylic acids is 2. The van der Waals surface area contributed by atoms with E-state index < -0.39 is 12.5 Å². The summed E-state index contributed by atoms with van der Waals surface area (Å²) in [6, 6.07) is 0.854. The van der Waals surface area contributed by atoms with Crippen LogP contribution in [-0.4, -0.2) is 83.3 Å². The quantitative estimate of drug-likeness (QED) is 0.658. The molecule has 172 valence electrons. The summed E-state index contributed by atoms with van der Waals surface area (Å²) >= 11 is 0. The van der Waals surface area contributed by atoms with E-state index in [1.165, 1.54) is 4.68 Å². The highest BCUT2D eigenvalue weighted by Gasteiger charge is 2.38. The molecule has 4 rings (SSSR count). The molecule has 1 aromatic heterocycles. The third-order valence-corrected chi connectivity index (χ3v) is 6.66. The van der Waals surface area contributed by atoms with Crippen LogP contribution in [0.3, 0.4) is 0 Å². The lowest BCUT2D eigenvalue weighted by Gasteiger charge is -2.40. The molecule has 10 heteroatoms. The predicted molar refractivity (Wildman–Crippen MR) is 110 cm³/mol. The zero-order valence-electron chi connectivity index (χ0n) is 17.9. The second-order valence-corrected chi connectivity index (χ2v) is 8.76. The van der Waals surface area contributed by atoms with Gasteiger partial charge in [-0.3, -0.25) is 9.59 Å². The van der Waals surface area contributed by atoms with Gasteiger partial charge in [-0.25, -0.2) is 13.5 Å². The summed E-state index contributed by atoms with van der Waals surface area (Å²) in [5, 5.41) is 7.61. The minimum Gasteiger partial charge on any atom is -0.370 e. The van der Waals surface area contributed by atoms with E-state index in [4.69, 9.17) is 4.74 Å². The first-order valence-corrected chi connectivity index (χ1v) is 11.2. The van der Waals surface area contributed by atoms with Crippen molar-refractivity contribution in [1.29, 1.82) is 0 Å². The van der Waals surface area contributed by atoms with E-state index in [1.54, 1.807) is 16.7 Å². The van der Waals surface area contributed by atoms with Crippen molar-refractivity contribution >= 4 is 17.6 Å². The topological polar surface area (TPSA) is 79.7 Å². The average Bonchev–Trinajstić information content (AvgIpc) is 3.34.